The molecule has 1 rings (SSSR count). The van der Waals surface area contributed by atoms with Crippen LogP contribution < -0.4 is 5.73 Å². The highest BCUT2D eigenvalue weighted by Gasteiger charge is 2.25. The van der Waals surface area contributed by atoms with Crippen LogP contribution in [0.3, 0.4) is 0 Å². The number of phenols is 1. The number of ether oxygens (including phenoxy) is 1. The third kappa shape index (κ3) is 2.68. The minimum Gasteiger partial charge on any atom is -0.508 e. The van der Waals surface area contributed by atoms with Crippen LogP contribution in [0.2, 0.25) is 0 Å². The van der Waals surface area contributed by atoms with Gasteiger partial charge in [0.2, 0.25) is 0 Å². The number of rotatable bonds is 4. The van der Waals surface area contributed by atoms with E-state index in [0.717, 1.165) is 0 Å². The van der Waals surface area contributed by atoms with E-state index in [1.54, 1.807) is 12.1 Å². The first-order valence-electron chi connectivity index (χ1n) is 4.36. The summed E-state index contributed by atoms with van der Waals surface area (Å²) in [5, 5.41) is 17.8. The zero-order valence-electron chi connectivity index (χ0n) is 8.25. The van der Waals surface area contributed by atoms with Gasteiger partial charge in [-0.1, -0.05) is 12.1 Å². The summed E-state index contributed by atoms with van der Waals surface area (Å²) in [6, 6.07) is 4.93. The number of hydrogen-bond donors (Lipinski definition) is 3. The third-order valence-electron chi connectivity index (χ3n) is 2.09. The van der Waals surface area contributed by atoms with Gasteiger partial charge in [-0.15, -0.1) is 0 Å². The number of aromatic hydroxyl groups is 1. The monoisotopic (exact) mass is 211 g/mol. The molecule has 0 unspecified atom stereocenters. The Hall–Kier alpha value is -1.59. The average Bonchev–Trinajstić information content (AvgIpc) is 2.21. The van der Waals surface area contributed by atoms with Crippen molar-refractivity contribution in [3.8, 4) is 5.75 Å². The molecule has 0 bridgehead atoms. The molecule has 1 aromatic carbocycles. The Kier molecular flexibility index (Phi) is 3.65. The molecule has 0 aliphatic heterocycles. The fourth-order valence-corrected chi connectivity index (χ4v) is 1.28. The van der Waals surface area contributed by atoms with Gasteiger partial charge in [0, 0.05) is 7.11 Å². The van der Waals surface area contributed by atoms with Crippen LogP contribution in [0.25, 0.3) is 0 Å². The van der Waals surface area contributed by atoms with Gasteiger partial charge in [0.1, 0.15) is 17.9 Å². The van der Waals surface area contributed by atoms with Crippen LogP contribution in [-0.4, -0.2) is 29.3 Å². The molecule has 0 heterocycles. The lowest BCUT2D eigenvalue weighted by Gasteiger charge is -2.19. The van der Waals surface area contributed by atoms with Gasteiger partial charge in [-0.2, -0.15) is 0 Å². The van der Waals surface area contributed by atoms with Crippen molar-refractivity contribution in [3.05, 3.63) is 29.8 Å². The molecule has 4 N–H and O–H groups in total. The molecule has 0 saturated carbocycles. The molecule has 0 radical (unpaired) electrons. The topological polar surface area (TPSA) is 92.8 Å². The average molecular weight is 211 g/mol. The van der Waals surface area contributed by atoms with Crippen molar-refractivity contribution in [2.45, 2.75) is 12.1 Å². The number of carbonyl (C=O) groups is 1. The Bertz CT molecular complexity index is 336. The summed E-state index contributed by atoms with van der Waals surface area (Å²) < 4.78 is 5.01. The van der Waals surface area contributed by atoms with Crippen molar-refractivity contribution in [1.29, 1.82) is 0 Å². The molecule has 0 aromatic heterocycles. The number of phenolic OH excluding ortho intramolecular Hbond substituents is 1. The molecule has 82 valence electrons. The molecule has 0 aliphatic carbocycles. The molecule has 1 aromatic rings. The first kappa shape index (κ1) is 11.5. The number of carboxylic acid groups (broad SMARTS) is 1. The van der Waals surface area contributed by atoms with Gasteiger partial charge in [-0.05, 0) is 17.7 Å². The molecule has 15 heavy (non-hydrogen) atoms. The largest absolute Gasteiger partial charge is 0.508 e. The maximum absolute atomic E-state index is 10.7. The predicted molar refractivity (Wildman–Crippen MR) is 53.5 cm³/mol. The number of benzene rings is 1. The Labute approximate surface area is 87.1 Å². The summed E-state index contributed by atoms with van der Waals surface area (Å²) in [5.41, 5.74) is 6.07. The Morgan fingerprint density at radius 1 is 1.40 bits per heavy atom. The minimum absolute atomic E-state index is 0.109. The van der Waals surface area contributed by atoms with Crippen molar-refractivity contribution in [1.82, 2.24) is 0 Å². The van der Waals surface area contributed by atoms with Crippen LogP contribution >= 0.6 is 0 Å². The second kappa shape index (κ2) is 4.77. The Balaban J connectivity index is 2.92. The van der Waals surface area contributed by atoms with E-state index in [-0.39, 0.29) is 5.75 Å². The molecule has 0 aliphatic rings. The van der Waals surface area contributed by atoms with Gasteiger partial charge in [0.25, 0.3) is 0 Å². The van der Waals surface area contributed by atoms with Gasteiger partial charge < -0.3 is 20.7 Å². The molecule has 0 fully saturated rings. The molecule has 5 nitrogen and oxygen atoms in total. The van der Waals surface area contributed by atoms with E-state index in [2.05, 4.69) is 0 Å². The first-order chi connectivity index (χ1) is 7.06. The summed E-state index contributed by atoms with van der Waals surface area (Å²) in [6.07, 6.45) is -0.719. The van der Waals surface area contributed by atoms with Crippen LogP contribution in [0, 0.1) is 0 Å². The molecular formula is C10H13NO4. The van der Waals surface area contributed by atoms with E-state index >= 15 is 0 Å². The standard InChI is InChI=1S/C10H13NO4/c1-15-9(8(11)10(13)14)6-2-4-7(12)5-3-6/h2-5,8-9,12H,11H2,1H3,(H,13,14)/t8-,9+/m0/s1. The van der Waals surface area contributed by atoms with E-state index in [9.17, 15) is 4.79 Å². The SMILES string of the molecule is CO[C@H](c1ccc(O)cc1)[C@H](N)C(=O)O. The minimum atomic E-state index is -1.13. The fourth-order valence-electron chi connectivity index (χ4n) is 1.28. The lowest BCUT2D eigenvalue weighted by Crippen LogP contribution is -2.37. The summed E-state index contributed by atoms with van der Waals surface area (Å²) in [6.45, 7) is 0. The zero-order chi connectivity index (χ0) is 11.4. The molecule has 5 heteroatoms. The summed E-state index contributed by atoms with van der Waals surface area (Å²) >= 11 is 0. The highest BCUT2D eigenvalue weighted by molar-refractivity contribution is 5.74. The van der Waals surface area contributed by atoms with E-state index < -0.39 is 18.1 Å². The Morgan fingerprint density at radius 3 is 2.33 bits per heavy atom. The van der Waals surface area contributed by atoms with Crippen molar-refractivity contribution in [2.75, 3.05) is 7.11 Å². The van der Waals surface area contributed by atoms with E-state index in [0.29, 0.717) is 5.56 Å². The second-order valence-electron chi connectivity index (χ2n) is 3.11. The van der Waals surface area contributed by atoms with Crippen molar-refractivity contribution < 1.29 is 19.7 Å². The lowest BCUT2D eigenvalue weighted by molar-refractivity contribution is -0.142. The van der Waals surface area contributed by atoms with E-state index in [4.69, 9.17) is 20.7 Å². The van der Waals surface area contributed by atoms with Crippen LogP contribution in [-0.2, 0) is 9.53 Å². The number of hydrogen-bond acceptors (Lipinski definition) is 4. The summed E-state index contributed by atoms with van der Waals surface area (Å²) in [4.78, 5) is 10.7. The highest BCUT2D eigenvalue weighted by atomic mass is 16.5. The van der Waals surface area contributed by atoms with Crippen LogP contribution in [0.5, 0.6) is 5.75 Å². The molecule has 0 amide bonds. The maximum Gasteiger partial charge on any atom is 0.323 e. The summed E-state index contributed by atoms with van der Waals surface area (Å²) in [7, 11) is 1.39. The fraction of sp³-hybridized carbons (Fsp3) is 0.300. The number of aliphatic carboxylic acids is 1. The smallest absolute Gasteiger partial charge is 0.323 e. The summed E-state index contributed by atoms with van der Waals surface area (Å²) in [5.74, 6) is -1.02. The van der Waals surface area contributed by atoms with Crippen LogP contribution in [0.15, 0.2) is 24.3 Å². The number of nitrogens with two attached hydrogens (primary N) is 1. The highest BCUT2D eigenvalue weighted by Crippen LogP contribution is 2.21. The molecule has 0 spiro atoms. The quantitative estimate of drug-likeness (QED) is 0.674. The van der Waals surface area contributed by atoms with Gasteiger partial charge in [0.05, 0.1) is 0 Å². The predicted octanol–water partition coefficient (Wildman–Crippen LogP) is 0.492. The third-order valence-corrected chi connectivity index (χ3v) is 2.09. The van der Waals surface area contributed by atoms with Gasteiger partial charge in [0.15, 0.2) is 0 Å². The molecular weight excluding hydrogens is 198 g/mol. The van der Waals surface area contributed by atoms with Crippen molar-refractivity contribution >= 4 is 5.97 Å². The maximum atomic E-state index is 10.7. The molecule has 0 saturated heterocycles. The van der Waals surface area contributed by atoms with Crippen LogP contribution in [0.4, 0.5) is 0 Å². The lowest BCUT2D eigenvalue weighted by atomic mass is 10.0. The Morgan fingerprint density at radius 2 is 1.93 bits per heavy atom. The van der Waals surface area contributed by atoms with E-state index in [1.807, 2.05) is 0 Å². The van der Waals surface area contributed by atoms with Crippen LogP contribution in [0.1, 0.15) is 11.7 Å². The van der Waals surface area contributed by atoms with Crippen molar-refractivity contribution in [3.63, 3.8) is 0 Å². The normalized spacial score (nSPS) is 14.5. The van der Waals surface area contributed by atoms with Gasteiger partial charge >= 0.3 is 5.97 Å². The molecule has 2 atom stereocenters. The zero-order valence-corrected chi connectivity index (χ0v) is 8.25. The van der Waals surface area contributed by atoms with Gasteiger partial charge in [-0.3, -0.25) is 4.79 Å². The second-order valence-corrected chi connectivity index (χ2v) is 3.11. The number of carboxylic acids is 1. The first-order valence-corrected chi connectivity index (χ1v) is 4.36. The van der Waals surface area contributed by atoms with Gasteiger partial charge in [-0.25, -0.2) is 0 Å². The van der Waals surface area contributed by atoms with Crippen molar-refractivity contribution in [2.24, 2.45) is 5.73 Å². The van der Waals surface area contributed by atoms with E-state index in [1.165, 1.54) is 19.2 Å². The number of methoxy groups -OCH3 is 1.